The largest absolute Gasteiger partial charge is 0.496 e. The first-order chi connectivity index (χ1) is 9.03. The van der Waals surface area contributed by atoms with Crippen LogP contribution in [0.15, 0.2) is 12.1 Å². The highest BCUT2D eigenvalue weighted by molar-refractivity contribution is 5.43. The Balaban J connectivity index is 2.74. The smallest absolute Gasteiger partial charge is 0.122 e. The van der Waals surface area contributed by atoms with Crippen molar-refractivity contribution in [1.82, 2.24) is 4.90 Å². The van der Waals surface area contributed by atoms with E-state index >= 15 is 0 Å². The number of hydrogen-bond donors (Lipinski definition) is 1. The highest BCUT2D eigenvalue weighted by Gasteiger charge is 2.12. The van der Waals surface area contributed by atoms with Gasteiger partial charge in [0.25, 0.3) is 0 Å². The highest BCUT2D eigenvalue weighted by Crippen LogP contribution is 2.24. The normalized spacial score (nSPS) is 12.8. The lowest BCUT2D eigenvalue weighted by atomic mass is 10.0. The van der Waals surface area contributed by atoms with Crippen LogP contribution in [-0.2, 0) is 6.54 Å². The number of benzene rings is 1. The minimum atomic E-state index is 0.265. The SMILES string of the molecule is CCC(CO)CN(C)Cc1ccc(OC)c(C)c1C. The second-order valence-corrected chi connectivity index (χ2v) is 5.33. The number of hydrogen-bond acceptors (Lipinski definition) is 3. The Hall–Kier alpha value is -1.06. The van der Waals surface area contributed by atoms with E-state index in [4.69, 9.17) is 4.74 Å². The van der Waals surface area contributed by atoms with Crippen LogP contribution in [-0.4, -0.2) is 37.3 Å². The van der Waals surface area contributed by atoms with Crippen LogP contribution >= 0.6 is 0 Å². The van der Waals surface area contributed by atoms with E-state index in [1.807, 2.05) is 6.07 Å². The van der Waals surface area contributed by atoms with Crippen LogP contribution in [0.1, 0.15) is 30.0 Å². The van der Waals surface area contributed by atoms with Crippen molar-refractivity contribution in [2.75, 3.05) is 27.3 Å². The van der Waals surface area contributed by atoms with Gasteiger partial charge in [-0.15, -0.1) is 0 Å². The fourth-order valence-electron chi connectivity index (χ4n) is 2.36. The molecule has 0 aromatic heterocycles. The molecule has 0 aliphatic carbocycles. The minimum Gasteiger partial charge on any atom is -0.496 e. The van der Waals surface area contributed by atoms with E-state index in [-0.39, 0.29) is 6.61 Å². The molecule has 3 nitrogen and oxygen atoms in total. The van der Waals surface area contributed by atoms with Gasteiger partial charge in [0.15, 0.2) is 0 Å². The van der Waals surface area contributed by atoms with Crippen LogP contribution < -0.4 is 4.74 Å². The van der Waals surface area contributed by atoms with Gasteiger partial charge >= 0.3 is 0 Å². The highest BCUT2D eigenvalue weighted by atomic mass is 16.5. The molecule has 1 atom stereocenters. The van der Waals surface area contributed by atoms with Gasteiger partial charge in [0.2, 0.25) is 0 Å². The number of aliphatic hydroxyl groups excluding tert-OH is 1. The Bertz CT molecular complexity index is 400. The minimum absolute atomic E-state index is 0.265. The molecule has 108 valence electrons. The van der Waals surface area contributed by atoms with E-state index in [1.165, 1.54) is 16.7 Å². The molecule has 0 saturated heterocycles. The molecule has 3 heteroatoms. The predicted molar refractivity (Wildman–Crippen MR) is 79.7 cm³/mol. The molecule has 1 aromatic rings. The van der Waals surface area contributed by atoms with Gasteiger partial charge in [-0.2, -0.15) is 0 Å². The van der Waals surface area contributed by atoms with Crippen molar-refractivity contribution in [2.45, 2.75) is 33.7 Å². The van der Waals surface area contributed by atoms with Gasteiger partial charge in [-0.3, -0.25) is 0 Å². The number of rotatable bonds is 7. The van der Waals surface area contributed by atoms with Crippen LogP contribution in [0.5, 0.6) is 5.75 Å². The van der Waals surface area contributed by atoms with Crippen LogP contribution in [0.2, 0.25) is 0 Å². The predicted octanol–water partition coefficient (Wildman–Crippen LogP) is 2.76. The van der Waals surface area contributed by atoms with Crippen LogP contribution in [0, 0.1) is 19.8 Å². The first-order valence-corrected chi connectivity index (χ1v) is 6.95. The zero-order valence-electron chi connectivity index (χ0n) is 12.9. The summed E-state index contributed by atoms with van der Waals surface area (Å²) in [4.78, 5) is 2.28. The van der Waals surface area contributed by atoms with E-state index in [0.717, 1.165) is 25.3 Å². The summed E-state index contributed by atoms with van der Waals surface area (Å²) in [5.74, 6) is 1.32. The lowest BCUT2D eigenvalue weighted by molar-refractivity contribution is 0.173. The van der Waals surface area contributed by atoms with E-state index in [2.05, 4.69) is 38.8 Å². The van der Waals surface area contributed by atoms with Crippen molar-refractivity contribution < 1.29 is 9.84 Å². The number of aliphatic hydroxyl groups is 1. The van der Waals surface area contributed by atoms with E-state index in [1.54, 1.807) is 7.11 Å². The molecule has 0 amide bonds. The standard InChI is InChI=1S/C16H27NO2/c1-6-14(11-18)9-17(4)10-15-7-8-16(19-5)13(3)12(15)2/h7-8,14,18H,6,9-11H2,1-5H3. The molecule has 0 bridgehead atoms. The topological polar surface area (TPSA) is 32.7 Å². The van der Waals surface area contributed by atoms with E-state index in [9.17, 15) is 5.11 Å². The third-order valence-corrected chi connectivity index (χ3v) is 3.92. The molecule has 0 aliphatic rings. The van der Waals surface area contributed by atoms with Gasteiger partial charge in [0.05, 0.1) is 7.11 Å². The van der Waals surface area contributed by atoms with Gasteiger partial charge in [-0.1, -0.05) is 13.0 Å². The zero-order chi connectivity index (χ0) is 14.4. The molecule has 1 N–H and O–H groups in total. The monoisotopic (exact) mass is 265 g/mol. The zero-order valence-corrected chi connectivity index (χ0v) is 12.9. The Morgan fingerprint density at radius 1 is 1.26 bits per heavy atom. The molecule has 19 heavy (non-hydrogen) atoms. The molecule has 0 fully saturated rings. The van der Waals surface area contributed by atoms with Crippen LogP contribution in [0.25, 0.3) is 0 Å². The quantitative estimate of drug-likeness (QED) is 0.823. The first-order valence-electron chi connectivity index (χ1n) is 6.95. The number of ether oxygens (including phenoxy) is 1. The Morgan fingerprint density at radius 2 is 1.95 bits per heavy atom. The van der Waals surface area contributed by atoms with Crippen LogP contribution in [0.4, 0.5) is 0 Å². The summed E-state index contributed by atoms with van der Waals surface area (Å²) >= 11 is 0. The maximum Gasteiger partial charge on any atom is 0.122 e. The summed E-state index contributed by atoms with van der Waals surface area (Å²) in [6, 6.07) is 4.17. The molecule has 0 radical (unpaired) electrons. The average Bonchev–Trinajstić information content (AvgIpc) is 2.41. The van der Waals surface area contributed by atoms with Crippen molar-refractivity contribution in [3.8, 4) is 5.75 Å². The van der Waals surface area contributed by atoms with Gasteiger partial charge in [0.1, 0.15) is 5.75 Å². The second kappa shape index (κ2) is 7.51. The maximum atomic E-state index is 9.26. The molecular formula is C16H27NO2. The molecule has 1 rings (SSSR count). The fourth-order valence-corrected chi connectivity index (χ4v) is 2.36. The van der Waals surface area contributed by atoms with Crippen molar-refractivity contribution >= 4 is 0 Å². The molecule has 1 aromatic carbocycles. The summed E-state index contributed by atoms with van der Waals surface area (Å²) in [6.07, 6.45) is 1.02. The summed E-state index contributed by atoms with van der Waals surface area (Å²) in [5.41, 5.74) is 3.83. The second-order valence-electron chi connectivity index (χ2n) is 5.33. The lowest BCUT2D eigenvalue weighted by Gasteiger charge is -2.23. The van der Waals surface area contributed by atoms with Crippen LogP contribution in [0.3, 0.4) is 0 Å². The average molecular weight is 265 g/mol. The molecular weight excluding hydrogens is 238 g/mol. The van der Waals surface area contributed by atoms with E-state index < -0.39 is 0 Å². The van der Waals surface area contributed by atoms with E-state index in [0.29, 0.717) is 5.92 Å². The summed E-state index contributed by atoms with van der Waals surface area (Å²) in [6.45, 7) is 8.47. The molecule has 0 spiro atoms. The van der Waals surface area contributed by atoms with Gasteiger partial charge in [-0.25, -0.2) is 0 Å². The van der Waals surface area contributed by atoms with Crippen molar-refractivity contribution in [2.24, 2.45) is 5.92 Å². The first kappa shape index (κ1) is 16.0. The van der Waals surface area contributed by atoms with Gasteiger partial charge in [-0.05, 0) is 56.0 Å². The Labute approximate surface area is 117 Å². The summed E-state index contributed by atoms with van der Waals surface area (Å²) in [7, 11) is 3.82. The summed E-state index contributed by atoms with van der Waals surface area (Å²) < 4.78 is 5.34. The molecule has 0 aliphatic heterocycles. The Morgan fingerprint density at radius 3 is 2.47 bits per heavy atom. The van der Waals surface area contributed by atoms with Crippen molar-refractivity contribution in [1.29, 1.82) is 0 Å². The van der Waals surface area contributed by atoms with Gasteiger partial charge < -0.3 is 14.7 Å². The molecule has 0 heterocycles. The van der Waals surface area contributed by atoms with Crippen molar-refractivity contribution in [3.63, 3.8) is 0 Å². The fraction of sp³-hybridized carbons (Fsp3) is 0.625. The molecule has 1 unspecified atom stereocenters. The van der Waals surface area contributed by atoms with Gasteiger partial charge in [0, 0.05) is 19.7 Å². The molecule has 0 saturated carbocycles. The third-order valence-electron chi connectivity index (χ3n) is 3.92. The Kier molecular flexibility index (Phi) is 6.32. The number of methoxy groups -OCH3 is 1. The maximum absolute atomic E-state index is 9.26. The number of nitrogens with zero attached hydrogens (tertiary/aromatic N) is 1. The lowest BCUT2D eigenvalue weighted by Crippen LogP contribution is -2.27. The summed E-state index contributed by atoms with van der Waals surface area (Å²) in [5, 5.41) is 9.26. The third kappa shape index (κ3) is 4.22. The van der Waals surface area contributed by atoms with Crippen molar-refractivity contribution in [3.05, 3.63) is 28.8 Å².